The third-order valence-corrected chi connectivity index (χ3v) is 10.2. The molecular weight excluding hydrogens is 496 g/mol. The Morgan fingerprint density at radius 1 is 0.375 bits per heavy atom. The van der Waals surface area contributed by atoms with Crippen LogP contribution in [0.5, 0.6) is 0 Å². The molecule has 0 bridgehead atoms. The second-order valence-electron chi connectivity index (χ2n) is 13.1. The zero-order valence-electron chi connectivity index (χ0n) is 25.5. The predicted molar refractivity (Wildman–Crippen MR) is 174 cm³/mol. The Morgan fingerprint density at radius 3 is 0.975 bits per heavy atom. The number of hydrogen-bond donors (Lipinski definition) is 0. The van der Waals surface area contributed by atoms with E-state index < -0.39 is 0 Å². The van der Waals surface area contributed by atoms with Crippen LogP contribution in [-0.4, -0.2) is 160 Å². The highest BCUT2D eigenvalue weighted by atomic mass is 16.5. The molecule has 0 aliphatic carbocycles. The van der Waals surface area contributed by atoms with Gasteiger partial charge in [-0.1, -0.05) is 21.3 Å². The predicted octanol–water partition coefficient (Wildman–Crippen LogP) is 4.43. The van der Waals surface area contributed by atoms with Crippen LogP contribution >= 0.6 is 0 Å². The molecule has 7 heteroatoms. The first-order valence-electron chi connectivity index (χ1n) is 16.4. The Morgan fingerprint density at radius 2 is 0.650 bits per heavy atom. The molecule has 0 amide bonds. The monoisotopic (exact) mass is 567 g/mol. The van der Waals surface area contributed by atoms with Gasteiger partial charge in [-0.2, -0.15) is 0 Å². The summed E-state index contributed by atoms with van der Waals surface area (Å²) in [5.41, 5.74) is 0. The topological polar surface area (TPSA) is 28.7 Å². The molecule has 0 atom stereocenters. The van der Waals surface area contributed by atoms with Crippen LogP contribution in [0, 0.1) is 0 Å². The second-order valence-corrected chi connectivity index (χ2v) is 13.1. The summed E-state index contributed by atoms with van der Waals surface area (Å²) in [4.78, 5) is 15.4. The van der Waals surface area contributed by atoms with Crippen molar-refractivity contribution in [2.75, 3.05) is 113 Å². The first-order valence-corrected chi connectivity index (χ1v) is 16.4. The summed E-state index contributed by atoms with van der Waals surface area (Å²) in [6.07, 6.45) is 15.5. The fraction of sp³-hybridized carbons (Fsp3) is 1.00. The molecule has 0 saturated carbocycles. The minimum Gasteiger partial charge on any atom is -0.379 e. The lowest BCUT2D eigenvalue weighted by Crippen LogP contribution is -2.48. The van der Waals surface area contributed by atoms with E-state index in [0.29, 0.717) is 0 Å². The van der Waals surface area contributed by atoms with E-state index in [2.05, 4.69) is 50.5 Å². The minimum absolute atomic E-state index is 0. The lowest BCUT2D eigenvalue weighted by molar-refractivity contribution is 0.00290. The van der Waals surface area contributed by atoms with Crippen molar-refractivity contribution in [1.82, 2.24) is 29.4 Å². The molecule has 0 aromatic carbocycles. The molecule has 0 N–H and O–H groups in total. The van der Waals surface area contributed by atoms with Gasteiger partial charge in [0.2, 0.25) is 0 Å². The summed E-state index contributed by atoms with van der Waals surface area (Å²) >= 11 is 0. The van der Waals surface area contributed by atoms with E-state index in [1.54, 1.807) is 0 Å². The average molecular weight is 567 g/mol. The molecule has 238 valence electrons. The lowest BCUT2D eigenvalue weighted by Gasteiger charge is -2.39. The van der Waals surface area contributed by atoms with Crippen LogP contribution in [0.1, 0.15) is 85.5 Å². The Balaban J connectivity index is 0.000000205. The summed E-state index contributed by atoms with van der Waals surface area (Å²) in [6, 6.07) is 2.67. The summed E-state index contributed by atoms with van der Waals surface area (Å²) in [5.74, 6) is 0. The molecule has 6 fully saturated rings. The van der Waals surface area contributed by atoms with E-state index in [1.165, 1.54) is 136 Å². The molecule has 40 heavy (non-hydrogen) atoms. The Hall–Kier alpha value is -0.280. The van der Waals surface area contributed by atoms with Crippen LogP contribution in [0.15, 0.2) is 0 Å². The van der Waals surface area contributed by atoms with Gasteiger partial charge in [-0.3, -0.25) is 4.90 Å². The standard InChI is InChI=1S/C11H22N2.C10H20N2O.C10H20N2.2CH4/c1-12-9-5-11(6-10-12)13-7-3-2-4-8-13;1-11-4-2-10(3-5-11)12-6-8-13-9-7-12;1-11-8-4-10(5-9-11)12-6-2-3-7-12;;/h11H,2-10H2,1H3;10H,2-9H2,1H3;10H,2-9H2,1H3;2*1H4. The smallest absolute Gasteiger partial charge is 0.0594 e. The van der Waals surface area contributed by atoms with Crippen molar-refractivity contribution < 1.29 is 4.74 Å². The fourth-order valence-corrected chi connectivity index (χ4v) is 7.41. The van der Waals surface area contributed by atoms with Gasteiger partial charge in [-0.05, 0) is 151 Å². The van der Waals surface area contributed by atoms with Crippen molar-refractivity contribution in [2.24, 2.45) is 0 Å². The van der Waals surface area contributed by atoms with Crippen molar-refractivity contribution in [1.29, 1.82) is 0 Å². The fourth-order valence-electron chi connectivity index (χ4n) is 7.41. The lowest BCUT2D eigenvalue weighted by atomic mass is 10.0. The SMILES string of the molecule is C.C.CN1CCC(N2CCCC2)CC1.CN1CCC(N2CCCCC2)CC1.CN1CCC(N2CCOCC2)CC1. The van der Waals surface area contributed by atoms with E-state index in [9.17, 15) is 0 Å². The number of morpholine rings is 1. The average Bonchev–Trinajstić information content (AvgIpc) is 3.51. The first-order chi connectivity index (χ1) is 18.6. The highest BCUT2D eigenvalue weighted by Crippen LogP contribution is 2.21. The highest BCUT2D eigenvalue weighted by molar-refractivity contribution is 4.82. The van der Waals surface area contributed by atoms with Crippen LogP contribution in [0.2, 0.25) is 0 Å². The van der Waals surface area contributed by atoms with E-state index in [0.717, 1.165) is 44.4 Å². The van der Waals surface area contributed by atoms with Crippen molar-refractivity contribution in [3.63, 3.8) is 0 Å². The van der Waals surface area contributed by atoms with Gasteiger partial charge in [-0.25, -0.2) is 0 Å². The highest BCUT2D eigenvalue weighted by Gasteiger charge is 2.26. The number of piperidine rings is 4. The summed E-state index contributed by atoms with van der Waals surface area (Å²) < 4.78 is 5.36. The zero-order valence-corrected chi connectivity index (χ0v) is 25.5. The maximum Gasteiger partial charge on any atom is 0.0594 e. The van der Waals surface area contributed by atoms with Crippen molar-refractivity contribution in [3.8, 4) is 0 Å². The number of nitrogens with zero attached hydrogens (tertiary/aromatic N) is 6. The number of rotatable bonds is 3. The molecule has 7 nitrogen and oxygen atoms in total. The van der Waals surface area contributed by atoms with E-state index in [-0.39, 0.29) is 14.9 Å². The summed E-state index contributed by atoms with van der Waals surface area (Å²) in [6.45, 7) is 17.4. The summed E-state index contributed by atoms with van der Waals surface area (Å²) in [7, 11) is 6.70. The molecular formula is C33H70N6O. The molecule has 0 spiro atoms. The Bertz CT molecular complexity index is 560. The molecule has 6 aliphatic rings. The van der Waals surface area contributed by atoms with Gasteiger partial charge in [0, 0.05) is 31.2 Å². The van der Waals surface area contributed by atoms with Crippen molar-refractivity contribution in [2.45, 2.75) is 104 Å². The molecule has 0 aromatic rings. The second kappa shape index (κ2) is 19.8. The van der Waals surface area contributed by atoms with Crippen LogP contribution in [-0.2, 0) is 4.74 Å². The van der Waals surface area contributed by atoms with Crippen molar-refractivity contribution in [3.05, 3.63) is 0 Å². The molecule has 6 saturated heterocycles. The Labute approximate surface area is 250 Å². The van der Waals surface area contributed by atoms with Gasteiger partial charge in [-0.15, -0.1) is 0 Å². The van der Waals surface area contributed by atoms with Crippen LogP contribution < -0.4 is 0 Å². The van der Waals surface area contributed by atoms with Gasteiger partial charge in [0.05, 0.1) is 13.2 Å². The zero-order chi connectivity index (χ0) is 26.6. The summed E-state index contributed by atoms with van der Waals surface area (Å²) in [5, 5.41) is 0. The largest absolute Gasteiger partial charge is 0.379 e. The molecule has 6 heterocycles. The molecule has 0 aromatic heterocycles. The van der Waals surface area contributed by atoms with E-state index in [1.807, 2.05) is 0 Å². The third-order valence-electron chi connectivity index (χ3n) is 10.2. The molecule has 0 radical (unpaired) electrons. The Kier molecular flexibility index (Phi) is 17.8. The normalized spacial score (nSPS) is 28.0. The minimum atomic E-state index is 0. The van der Waals surface area contributed by atoms with Gasteiger partial charge < -0.3 is 29.2 Å². The number of ether oxygens (including phenoxy) is 1. The first kappa shape index (κ1) is 35.9. The van der Waals surface area contributed by atoms with E-state index in [4.69, 9.17) is 4.74 Å². The maximum absolute atomic E-state index is 5.36. The molecule has 6 rings (SSSR count). The molecule has 6 aliphatic heterocycles. The number of hydrogen-bond acceptors (Lipinski definition) is 7. The van der Waals surface area contributed by atoms with Gasteiger partial charge in [0.15, 0.2) is 0 Å². The van der Waals surface area contributed by atoms with Crippen LogP contribution in [0.25, 0.3) is 0 Å². The van der Waals surface area contributed by atoms with Crippen molar-refractivity contribution >= 4 is 0 Å². The van der Waals surface area contributed by atoms with E-state index >= 15 is 0 Å². The third kappa shape index (κ3) is 12.1. The van der Waals surface area contributed by atoms with Crippen LogP contribution in [0.4, 0.5) is 0 Å². The molecule has 0 unspecified atom stereocenters. The number of likely N-dealkylation sites (tertiary alicyclic amines) is 5. The van der Waals surface area contributed by atoms with Crippen LogP contribution in [0.3, 0.4) is 0 Å². The van der Waals surface area contributed by atoms with Gasteiger partial charge in [0.25, 0.3) is 0 Å². The van der Waals surface area contributed by atoms with Gasteiger partial charge >= 0.3 is 0 Å². The quantitative estimate of drug-likeness (QED) is 0.499. The maximum atomic E-state index is 5.36. The van der Waals surface area contributed by atoms with Gasteiger partial charge in [0.1, 0.15) is 0 Å².